The van der Waals surface area contributed by atoms with Crippen LogP contribution in [-0.2, 0) is 6.42 Å². The number of aryl methyl sites for hydroxylation is 1. The molecular formula is C15H19N3OS. The minimum Gasteiger partial charge on any atom is -0.497 e. The summed E-state index contributed by atoms with van der Waals surface area (Å²) < 4.78 is 5.16. The highest BCUT2D eigenvalue weighted by molar-refractivity contribution is 7.99. The molecule has 0 radical (unpaired) electrons. The van der Waals surface area contributed by atoms with E-state index in [1.54, 1.807) is 18.9 Å². The Morgan fingerprint density at radius 2 is 1.90 bits per heavy atom. The second kappa shape index (κ2) is 7.14. The summed E-state index contributed by atoms with van der Waals surface area (Å²) in [5.74, 6) is 2.61. The van der Waals surface area contributed by atoms with Crippen LogP contribution in [0, 0.1) is 0 Å². The molecule has 0 atom stereocenters. The van der Waals surface area contributed by atoms with Crippen molar-refractivity contribution in [1.82, 2.24) is 9.97 Å². The average molecular weight is 289 g/mol. The molecule has 4 nitrogen and oxygen atoms in total. The molecule has 1 aromatic heterocycles. The summed E-state index contributed by atoms with van der Waals surface area (Å²) in [5, 5.41) is 4.20. The number of hydrogen-bond acceptors (Lipinski definition) is 5. The van der Waals surface area contributed by atoms with E-state index >= 15 is 0 Å². The summed E-state index contributed by atoms with van der Waals surface area (Å²) in [6.07, 6.45) is 0.829. The van der Waals surface area contributed by atoms with Crippen LogP contribution in [0.2, 0.25) is 0 Å². The van der Waals surface area contributed by atoms with E-state index in [2.05, 4.69) is 29.1 Å². The Balaban J connectivity index is 2.20. The van der Waals surface area contributed by atoms with Gasteiger partial charge >= 0.3 is 0 Å². The Kier molecular flexibility index (Phi) is 5.24. The van der Waals surface area contributed by atoms with Crippen LogP contribution in [-0.4, -0.2) is 23.6 Å². The van der Waals surface area contributed by atoms with E-state index in [0.29, 0.717) is 0 Å². The number of anilines is 1. The summed E-state index contributed by atoms with van der Waals surface area (Å²) in [6.45, 7) is 4.98. The molecule has 1 N–H and O–H groups in total. The second-order valence-electron chi connectivity index (χ2n) is 4.17. The van der Waals surface area contributed by atoms with Crippen molar-refractivity contribution in [2.24, 2.45) is 0 Å². The number of aromatic nitrogens is 2. The predicted octanol–water partition coefficient (Wildman–Crippen LogP) is 3.63. The first-order valence-corrected chi connectivity index (χ1v) is 7.50. The molecule has 0 unspecified atom stereocenters. The quantitative estimate of drug-likeness (QED) is 0.823. The van der Waals surface area contributed by atoms with Gasteiger partial charge in [0.15, 0.2) is 0 Å². The van der Waals surface area contributed by atoms with Crippen LogP contribution in [0.4, 0.5) is 5.82 Å². The molecule has 0 aliphatic carbocycles. The van der Waals surface area contributed by atoms with Gasteiger partial charge in [-0.2, -0.15) is 0 Å². The lowest BCUT2D eigenvalue weighted by molar-refractivity contribution is 0.414. The molecule has 20 heavy (non-hydrogen) atoms. The SMILES string of the molecule is CCNc1cc(Sc2ccc(OC)cc2)nc(CC)n1. The van der Waals surface area contributed by atoms with Crippen LogP contribution in [0.5, 0.6) is 5.75 Å². The summed E-state index contributed by atoms with van der Waals surface area (Å²) >= 11 is 1.63. The van der Waals surface area contributed by atoms with Gasteiger partial charge in [-0.25, -0.2) is 9.97 Å². The summed E-state index contributed by atoms with van der Waals surface area (Å²) in [5.41, 5.74) is 0. The summed E-state index contributed by atoms with van der Waals surface area (Å²) in [7, 11) is 1.67. The molecule has 5 heteroatoms. The molecular weight excluding hydrogens is 270 g/mol. The van der Waals surface area contributed by atoms with Crippen molar-refractivity contribution in [3.05, 3.63) is 36.2 Å². The van der Waals surface area contributed by atoms with Gasteiger partial charge < -0.3 is 10.1 Å². The molecule has 0 fully saturated rings. The van der Waals surface area contributed by atoms with E-state index in [0.717, 1.165) is 40.3 Å². The first-order valence-electron chi connectivity index (χ1n) is 6.69. The largest absolute Gasteiger partial charge is 0.497 e. The lowest BCUT2D eigenvalue weighted by Crippen LogP contribution is -2.03. The number of ether oxygens (including phenoxy) is 1. The average Bonchev–Trinajstić information content (AvgIpc) is 2.48. The van der Waals surface area contributed by atoms with E-state index < -0.39 is 0 Å². The number of methoxy groups -OCH3 is 1. The van der Waals surface area contributed by atoms with Crippen molar-refractivity contribution in [1.29, 1.82) is 0 Å². The van der Waals surface area contributed by atoms with E-state index in [4.69, 9.17) is 4.74 Å². The fourth-order valence-electron chi connectivity index (χ4n) is 1.72. The smallest absolute Gasteiger partial charge is 0.131 e. The van der Waals surface area contributed by atoms with Crippen LogP contribution < -0.4 is 10.1 Å². The third-order valence-electron chi connectivity index (χ3n) is 2.70. The van der Waals surface area contributed by atoms with Gasteiger partial charge in [0.05, 0.1) is 7.11 Å². The van der Waals surface area contributed by atoms with Crippen LogP contribution in [0.1, 0.15) is 19.7 Å². The highest BCUT2D eigenvalue weighted by Crippen LogP contribution is 2.28. The Bertz CT molecular complexity index is 558. The number of nitrogens with one attached hydrogen (secondary N) is 1. The molecule has 0 saturated heterocycles. The molecule has 0 bridgehead atoms. The van der Waals surface area contributed by atoms with Gasteiger partial charge in [-0.3, -0.25) is 0 Å². The minimum atomic E-state index is 0.829. The van der Waals surface area contributed by atoms with Crippen LogP contribution in [0.3, 0.4) is 0 Å². The maximum absolute atomic E-state index is 5.16. The van der Waals surface area contributed by atoms with Gasteiger partial charge in [-0.1, -0.05) is 18.7 Å². The molecule has 0 saturated carbocycles. The van der Waals surface area contributed by atoms with Gasteiger partial charge in [0, 0.05) is 23.9 Å². The van der Waals surface area contributed by atoms with Gasteiger partial charge in [0.25, 0.3) is 0 Å². The number of hydrogen-bond donors (Lipinski definition) is 1. The maximum Gasteiger partial charge on any atom is 0.131 e. The fraction of sp³-hybridized carbons (Fsp3) is 0.333. The summed E-state index contributed by atoms with van der Waals surface area (Å²) in [6, 6.07) is 9.96. The Morgan fingerprint density at radius 1 is 1.15 bits per heavy atom. The molecule has 0 spiro atoms. The van der Waals surface area contributed by atoms with E-state index in [1.165, 1.54) is 0 Å². The molecule has 2 aromatic rings. The topological polar surface area (TPSA) is 47.0 Å². The highest BCUT2D eigenvalue weighted by atomic mass is 32.2. The molecule has 106 valence electrons. The predicted molar refractivity (Wildman–Crippen MR) is 82.7 cm³/mol. The lowest BCUT2D eigenvalue weighted by Gasteiger charge is -2.08. The zero-order chi connectivity index (χ0) is 14.4. The van der Waals surface area contributed by atoms with Crippen LogP contribution in [0.15, 0.2) is 40.3 Å². The van der Waals surface area contributed by atoms with Crippen molar-refractivity contribution >= 4 is 17.6 Å². The number of rotatable bonds is 6. The fourth-order valence-corrected chi connectivity index (χ4v) is 2.55. The monoisotopic (exact) mass is 289 g/mol. The van der Waals surface area contributed by atoms with Crippen LogP contribution in [0.25, 0.3) is 0 Å². The van der Waals surface area contributed by atoms with E-state index in [1.807, 2.05) is 30.3 Å². The van der Waals surface area contributed by atoms with Gasteiger partial charge in [0.2, 0.25) is 0 Å². The maximum atomic E-state index is 5.16. The molecule has 0 aliphatic rings. The molecule has 0 amide bonds. The Hall–Kier alpha value is -1.75. The van der Waals surface area contributed by atoms with Gasteiger partial charge in [-0.05, 0) is 31.2 Å². The van der Waals surface area contributed by atoms with Crippen molar-refractivity contribution in [2.45, 2.75) is 30.2 Å². The van der Waals surface area contributed by atoms with Crippen molar-refractivity contribution < 1.29 is 4.74 Å². The second-order valence-corrected chi connectivity index (χ2v) is 5.26. The minimum absolute atomic E-state index is 0.829. The Labute approximate surface area is 124 Å². The van der Waals surface area contributed by atoms with E-state index in [-0.39, 0.29) is 0 Å². The van der Waals surface area contributed by atoms with Gasteiger partial charge in [-0.15, -0.1) is 0 Å². The third-order valence-corrected chi connectivity index (χ3v) is 3.63. The normalized spacial score (nSPS) is 10.3. The first-order chi connectivity index (χ1) is 9.75. The summed E-state index contributed by atoms with van der Waals surface area (Å²) in [4.78, 5) is 10.1. The van der Waals surface area contributed by atoms with E-state index in [9.17, 15) is 0 Å². The lowest BCUT2D eigenvalue weighted by atomic mass is 10.3. The van der Waals surface area contributed by atoms with Crippen LogP contribution >= 0.6 is 11.8 Å². The molecule has 2 rings (SSSR count). The molecule has 1 heterocycles. The third kappa shape index (κ3) is 3.87. The zero-order valence-corrected chi connectivity index (χ0v) is 12.8. The Morgan fingerprint density at radius 3 is 2.50 bits per heavy atom. The zero-order valence-electron chi connectivity index (χ0n) is 12.0. The first kappa shape index (κ1) is 14.7. The van der Waals surface area contributed by atoms with Crippen molar-refractivity contribution in [3.63, 3.8) is 0 Å². The van der Waals surface area contributed by atoms with Gasteiger partial charge in [0.1, 0.15) is 22.4 Å². The molecule has 0 aliphatic heterocycles. The molecule has 1 aromatic carbocycles. The standard InChI is InChI=1S/C15H19N3OS/c1-4-13-17-14(16-5-2)10-15(18-13)20-12-8-6-11(19-3)7-9-12/h6-10H,4-5H2,1-3H3,(H,16,17,18). The number of nitrogens with zero attached hydrogens (tertiary/aromatic N) is 2. The number of benzene rings is 1. The van der Waals surface area contributed by atoms with Crippen molar-refractivity contribution in [2.75, 3.05) is 19.0 Å². The van der Waals surface area contributed by atoms with Crippen molar-refractivity contribution in [3.8, 4) is 5.75 Å². The highest BCUT2D eigenvalue weighted by Gasteiger charge is 2.05.